The Labute approximate surface area is 355 Å². The van der Waals surface area contributed by atoms with Crippen molar-refractivity contribution in [2.75, 3.05) is 9.80 Å². The molecule has 0 spiro atoms. The average molecular weight is 791 g/mol. The number of hydrogen-bond acceptors (Lipinski definition) is 6. The molecule has 0 N–H and O–H groups in total. The van der Waals surface area contributed by atoms with Crippen molar-refractivity contribution < 1.29 is 8.83 Å². The second-order valence-corrected chi connectivity index (χ2v) is 16.0. The highest BCUT2D eigenvalue weighted by molar-refractivity contribution is 6.14. The van der Waals surface area contributed by atoms with E-state index in [1.54, 1.807) is 0 Å². The first-order chi connectivity index (χ1) is 29.9. The van der Waals surface area contributed by atoms with Crippen LogP contribution in [0, 0.1) is 27.7 Å². The van der Waals surface area contributed by atoms with Crippen molar-refractivity contribution in [2.45, 2.75) is 33.1 Å². The van der Waals surface area contributed by atoms with Gasteiger partial charge in [-0.25, -0.2) is 9.97 Å². The fourth-order valence-electron chi connectivity index (χ4n) is 9.47. The molecule has 2 aromatic heterocycles. The van der Waals surface area contributed by atoms with Gasteiger partial charge >= 0.3 is 0 Å². The maximum absolute atomic E-state index is 6.89. The lowest BCUT2D eigenvalue weighted by Gasteiger charge is -2.35. The van der Waals surface area contributed by atoms with Crippen LogP contribution in [-0.4, -0.2) is 9.97 Å². The van der Waals surface area contributed by atoms with Crippen LogP contribution in [0.25, 0.3) is 33.3 Å². The van der Waals surface area contributed by atoms with Gasteiger partial charge in [0.2, 0.25) is 0 Å². The van der Waals surface area contributed by atoms with Crippen LogP contribution in [0.2, 0.25) is 0 Å². The maximum Gasteiger partial charge on any atom is 0.192 e. The van der Waals surface area contributed by atoms with E-state index in [4.69, 9.17) is 18.8 Å². The van der Waals surface area contributed by atoms with Crippen LogP contribution < -0.4 is 9.80 Å². The molecule has 0 aliphatic heterocycles. The summed E-state index contributed by atoms with van der Waals surface area (Å²) in [5.41, 5.74) is 16.7. The molecule has 6 heteroatoms. The minimum atomic E-state index is -0.842. The van der Waals surface area contributed by atoms with Gasteiger partial charge in [0, 0.05) is 47.7 Å². The molecule has 0 saturated carbocycles. The number of oxazole rings is 2. The highest BCUT2D eigenvalue weighted by Crippen LogP contribution is 2.62. The van der Waals surface area contributed by atoms with Crippen molar-refractivity contribution in [3.8, 4) is 11.1 Å². The van der Waals surface area contributed by atoms with Crippen LogP contribution >= 0.6 is 0 Å². The largest absolute Gasteiger partial charge is 0.440 e. The minimum Gasteiger partial charge on any atom is -0.440 e. The van der Waals surface area contributed by atoms with Crippen LogP contribution in [0.4, 0.5) is 34.1 Å². The van der Waals surface area contributed by atoms with Gasteiger partial charge in [0.1, 0.15) is 11.0 Å². The van der Waals surface area contributed by atoms with E-state index in [0.717, 1.165) is 78.5 Å². The topological polar surface area (TPSA) is 58.5 Å². The molecule has 0 fully saturated rings. The summed E-state index contributed by atoms with van der Waals surface area (Å²) in [4.78, 5) is 15.0. The second-order valence-electron chi connectivity index (χ2n) is 16.0. The minimum absolute atomic E-state index is 0.580. The molecule has 1 aliphatic rings. The summed E-state index contributed by atoms with van der Waals surface area (Å²) in [6.45, 7) is 8.11. The van der Waals surface area contributed by atoms with Crippen molar-refractivity contribution in [1.82, 2.24) is 9.97 Å². The van der Waals surface area contributed by atoms with Gasteiger partial charge in [0.25, 0.3) is 0 Å². The van der Waals surface area contributed by atoms with Gasteiger partial charge in [-0.05, 0) is 96.8 Å². The van der Waals surface area contributed by atoms with Gasteiger partial charge < -0.3 is 18.6 Å². The Morgan fingerprint density at radius 3 is 1.08 bits per heavy atom. The number of fused-ring (bicyclic) bond motifs is 7. The quantitative estimate of drug-likeness (QED) is 0.153. The molecule has 2 heterocycles. The average Bonchev–Trinajstić information content (AvgIpc) is 3.97. The third-order valence-electron chi connectivity index (χ3n) is 12.1. The number of benzene rings is 8. The summed E-state index contributed by atoms with van der Waals surface area (Å²) in [5, 5.41) is 0. The van der Waals surface area contributed by atoms with Crippen LogP contribution in [0.3, 0.4) is 0 Å². The van der Waals surface area contributed by atoms with E-state index in [1.165, 1.54) is 11.1 Å². The lowest BCUT2D eigenvalue weighted by atomic mass is 9.67. The summed E-state index contributed by atoms with van der Waals surface area (Å²) in [7, 11) is 0. The summed E-state index contributed by atoms with van der Waals surface area (Å²) >= 11 is 0. The number of aromatic nitrogens is 2. The first-order valence-electron chi connectivity index (χ1n) is 20.7. The fourth-order valence-corrected chi connectivity index (χ4v) is 9.47. The molecule has 0 radical (unpaired) electrons. The first-order valence-corrected chi connectivity index (χ1v) is 20.7. The van der Waals surface area contributed by atoms with Crippen LogP contribution in [0.1, 0.15) is 45.2 Å². The molecule has 0 amide bonds. The zero-order valence-corrected chi connectivity index (χ0v) is 34.4. The Balaban J connectivity index is 1.33. The summed E-state index contributed by atoms with van der Waals surface area (Å²) in [6, 6.07) is 64.9. The van der Waals surface area contributed by atoms with E-state index in [-0.39, 0.29) is 0 Å². The van der Waals surface area contributed by atoms with E-state index in [1.807, 2.05) is 13.8 Å². The molecule has 0 unspecified atom stereocenters. The van der Waals surface area contributed by atoms with Gasteiger partial charge in [0.05, 0.1) is 16.8 Å². The number of anilines is 6. The molecule has 0 atom stereocenters. The van der Waals surface area contributed by atoms with Gasteiger partial charge in [-0.2, -0.15) is 0 Å². The van der Waals surface area contributed by atoms with Crippen molar-refractivity contribution >= 4 is 56.3 Å². The van der Waals surface area contributed by atoms with Gasteiger partial charge in [-0.1, -0.05) is 132 Å². The Hall–Kier alpha value is -7.70. The highest BCUT2D eigenvalue weighted by Gasteiger charge is 2.50. The normalized spacial score (nSPS) is 12.7. The zero-order chi connectivity index (χ0) is 41.2. The van der Waals surface area contributed by atoms with Gasteiger partial charge in [-0.3, -0.25) is 0 Å². The molecule has 0 saturated heterocycles. The lowest BCUT2D eigenvalue weighted by Crippen LogP contribution is -2.29. The standard InChI is InChI=1S/C55H42N4O2/c1-35-25-29-43(30-26-35)58(41-21-13-7-14-22-41)47-33-45-49(53-51(47)56-37(3)60-53)50-46(55(45,39-17-9-5-10-18-39)40-19-11-6-12-20-40)34-48(52-54(50)61-38(4)57-52)59(42-23-15-8-16-24-42)44-31-27-36(2)28-32-44/h5-34H,1-4H3. The number of hydrogen-bond donors (Lipinski definition) is 0. The summed E-state index contributed by atoms with van der Waals surface area (Å²) < 4.78 is 13.8. The Bertz CT molecular complexity index is 2990. The van der Waals surface area contributed by atoms with Crippen molar-refractivity contribution in [2.24, 2.45) is 0 Å². The van der Waals surface area contributed by atoms with Crippen molar-refractivity contribution in [3.63, 3.8) is 0 Å². The first kappa shape index (κ1) is 36.4. The van der Waals surface area contributed by atoms with Crippen LogP contribution in [0.5, 0.6) is 0 Å². The second kappa shape index (κ2) is 14.2. The predicted molar refractivity (Wildman–Crippen MR) is 247 cm³/mol. The van der Waals surface area contributed by atoms with E-state index in [2.05, 4.69) is 206 Å². The molecule has 6 nitrogen and oxygen atoms in total. The molecule has 10 aromatic rings. The molecular formula is C55H42N4O2. The molecule has 294 valence electrons. The van der Waals surface area contributed by atoms with Crippen molar-refractivity contribution in [3.05, 3.63) is 227 Å². The van der Waals surface area contributed by atoms with Crippen LogP contribution in [-0.2, 0) is 5.41 Å². The van der Waals surface area contributed by atoms with Crippen molar-refractivity contribution in [1.29, 1.82) is 0 Å². The van der Waals surface area contributed by atoms with Crippen LogP contribution in [0.15, 0.2) is 191 Å². The molecule has 1 aliphatic carbocycles. The number of nitrogens with zero attached hydrogens (tertiary/aromatic N) is 4. The Morgan fingerprint density at radius 2 is 0.721 bits per heavy atom. The molecule has 61 heavy (non-hydrogen) atoms. The third kappa shape index (κ3) is 5.70. The number of para-hydroxylation sites is 2. The van der Waals surface area contributed by atoms with Gasteiger partial charge in [-0.15, -0.1) is 0 Å². The Kier molecular flexibility index (Phi) is 8.50. The monoisotopic (exact) mass is 790 g/mol. The molecule has 0 bridgehead atoms. The highest BCUT2D eigenvalue weighted by atomic mass is 16.4. The Morgan fingerprint density at radius 1 is 0.393 bits per heavy atom. The SMILES string of the molecule is Cc1ccc(N(c2ccccc2)c2cc3c(c4oc(C)nc24)-c2c(cc(N(c4ccccc4)c4ccc(C)cc4)c4nc(C)oc24)C3(c2ccccc2)c2ccccc2)cc1. The maximum atomic E-state index is 6.89. The molecule has 11 rings (SSSR count). The van der Waals surface area contributed by atoms with E-state index in [0.29, 0.717) is 22.9 Å². The fraction of sp³-hybridized carbons (Fsp3) is 0.0909. The van der Waals surface area contributed by atoms with E-state index in [9.17, 15) is 0 Å². The third-order valence-corrected chi connectivity index (χ3v) is 12.1. The molecule has 8 aromatic carbocycles. The smallest absolute Gasteiger partial charge is 0.192 e. The van der Waals surface area contributed by atoms with E-state index >= 15 is 0 Å². The van der Waals surface area contributed by atoms with E-state index < -0.39 is 5.41 Å². The number of aryl methyl sites for hydroxylation is 4. The predicted octanol–water partition coefficient (Wildman–Crippen LogP) is 14.5. The zero-order valence-electron chi connectivity index (χ0n) is 34.4. The lowest BCUT2D eigenvalue weighted by molar-refractivity contribution is 0.558. The molecular weight excluding hydrogens is 749 g/mol. The van der Waals surface area contributed by atoms with Gasteiger partial charge in [0.15, 0.2) is 22.9 Å². The number of rotatable bonds is 8. The summed E-state index contributed by atoms with van der Waals surface area (Å²) in [5.74, 6) is 1.16. The summed E-state index contributed by atoms with van der Waals surface area (Å²) in [6.07, 6.45) is 0.